The third-order valence-electron chi connectivity index (χ3n) is 3.25. The maximum absolute atomic E-state index is 11.3. The van der Waals surface area contributed by atoms with Gasteiger partial charge in [-0.25, -0.2) is 0 Å². The molecule has 2 N–H and O–H groups in total. The number of carboxylic acid groups (broad SMARTS) is 2. The van der Waals surface area contributed by atoms with E-state index >= 15 is 0 Å². The molecule has 0 saturated carbocycles. The number of allylic oxidation sites excluding steroid dienone is 1. The van der Waals surface area contributed by atoms with Crippen LogP contribution in [0.5, 0.6) is 0 Å². The molecular weight excluding hydrogens is 222 g/mol. The van der Waals surface area contributed by atoms with E-state index in [1.54, 1.807) is 0 Å². The van der Waals surface area contributed by atoms with Gasteiger partial charge in [0.15, 0.2) is 5.41 Å². The first kappa shape index (κ1) is 13.7. The van der Waals surface area contributed by atoms with Gasteiger partial charge in [0.05, 0.1) is 0 Å². The molecule has 0 bridgehead atoms. The number of hydrogen-bond acceptors (Lipinski definition) is 3. The lowest BCUT2D eigenvalue weighted by molar-refractivity contribution is -0.166. The lowest BCUT2D eigenvalue weighted by atomic mass is 9.83. The molecule has 0 amide bonds. The summed E-state index contributed by atoms with van der Waals surface area (Å²) in [6, 6.07) is 0. The Kier molecular flexibility index (Phi) is 4.69. The molecule has 0 atom stereocenters. The standard InChI is InChI=1S/C12H19NO4/c1-2-6-12(10(14)15,11(16)17)9-13-7-4-3-5-8-13/h2H,1,3-9H2,(H,14,15)(H,16,17). The molecule has 0 aromatic carbocycles. The highest BCUT2D eigenvalue weighted by Gasteiger charge is 2.46. The number of carboxylic acids is 2. The molecule has 0 unspecified atom stereocenters. The van der Waals surface area contributed by atoms with Crippen LogP contribution in [-0.4, -0.2) is 46.7 Å². The molecule has 0 spiro atoms. The van der Waals surface area contributed by atoms with E-state index in [0.717, 1.165) is 32.4 Å². The predicted molar refractivity (Wildman–Crippen MR) is 62.8 cm³/mol. The Balaban J connectivity index is 2.83. The quantitative estimate of drug-likeness (QED) is 0.539. The van der Waals surface area contributed by atoms with Crippen molar-refractivity contribution in [3.63, 3.8) is 0 Å². The third-order valence-corrected chi connectivity index (χ3v) is 3.25. The molecular formula is C12H19NO4. The summed E-state index contributed by atoms with van der Waals surface area (Å²) in [5, 5.41) is 18.4. The van der Waals surface area contributed by atoms with Gasteiger partial charge in [-0.15, -0.1) is 6.58 Å². The second-order valence-corrected chi connectivity index (χ2v) is 4.52. The summed E-state index contributed by atoms with van der Waals surface area (Å²) in [5.41, 5.74) is -1.75. The Labute approximate surface area is 101 Å². The van der Waals surface area contributed by atoms with Crippen molar-refractivity contribution >= 4 is 11.9 Å². The first-order valence-corrected chi connectivity index (χ1v) is 5.83. The molecule has 1 aliphatic rings. The monoisotopic (exact) mass is 241 g/mol. The van der Waals surface area contributed by atoms with Gasteiger partial charge in [0, 0.05) is 6.54 Å². The highest BCUT2D eigenvalue weighted by molar-refractivity contribution is 5.98. The molecule has 96 valence electrons. The van der Waals surface area contributed by atoms with Gasteiger partial charge in [-0.3, -0.25) is 9.59 Å². The average Bonchev–Trinajstić information content (AvgIpc) is 2.29. The van der Waals surface area contributed by atoms with E-state index in [1.165, 1.54) is 6.08 Å². The Morgan fingerprint density at radius 2 is 1.71 bits per heavy atom. The van der Waals surface area contributed by atoms with Crippen molar-refractivity contribution in [2.24, 2.45) is 5.41 Å². The van der Waals surface area contributed by atoms with Crippen LogP contribution in [0.15, 0.2) is 12.7 Å². The number of hydrogen-bond donors (Lipinski definition) is 2. The lowest BCUT2D eigenvalue weighted by Gasteiger charge is -2.33. The number of rotatable bonds is 6. The van der Waals surface area contributed by atoms with Crippen LogP contribution in [0.2, 0.25) is 0 Å². The van der Waals surface area contributed by atoms with E-state index in [2.05, 4.69) is 6.58 Å². The molecule has 1 fully saturated rings. The van der Waals surface area contributed by atoms with Crippen LogP contribution in [0.3, 0.4) is 0 Å². The molecule has 0 radical (unpaired) electrons. The summed E-state index contributed by atoms with van der Waals surface area (Å²) >= 11 is 0. The van der Waals surface area contributed by atoms with E-state index < -0.39 is 17.4 Å². The van der Waals surface area contributed by atoms with Crippen LogP contribution in [0.1, 0.15) is 25.7 Å². The SMILES string of the molecule is C=CCC(CN1CCCCC1)(C(=O)O)C(=O)O. The Morgan fingerprint density at radius 3 is 2.12 bits per heavy atom. The topological polar surface area (TPSA) is 77.8 Å². The number of nitrogens with zero attached hydrogens (tertiary/aromatic N) is 1. The van der Waals surface area contributed by atoms with Crippen molar-refractivity contribution in [3.8, 4) is 0 Å². The van der Waals surface area contributed by atoms with Crippen molar-refractivity contribution in [1.29, 1.82) is 0 Å². The minimum Gasteiger partial charge on any atom is -0.480 e. The molecule has 1 rings (SSSR count). The minimum absolute atomic E-state index is 0.0475. The van der Waals surface area contributed by atoms with E-state index in [4.69, 9.17) is 0 Å². The predicted octanol–water partition coefficient (Wildman–Crippen LogP) is 1.20. The van der Waals surface area contributed by atoms with Gasteiger partial charge >= 0.3 is 11.9 Å². The first-order chi connectivity index (χ1) is 8.03. The zero-order chi connectivity index (χ0) is 12.9. The van der Waals surface area contributed by atoms with Crippen LogP contribution >= 0.6 is 0 Å². The van der Waals surface area contributed by atoms with Crippen molar-refractivity contribution in [1.82, 2.24) is 4.90 Å². The van der Waals surface area contributed by atoms with Crippen molar-refractivity contribution in [2.45, 2.75) is 25.7 Å². The van der Waals surface area contributed by atoms with Gasteiger partial charge in [0.25, 0.3) is 0 Å². The molecule has 0 aromatic rings. The number of likely N-dealkylation sites (tertiary alicyclic amines) is 1. The fourth-order valence-electron chi connectivity index (χ4n) is 2.21. The largest absolute Gasteiger partial charge is 0.480 e. The Hall–Kier alpha value is -1.36. The smallest absolute Gasteiger partial charge is 0.322 e. The van der Waals surface area contributed by atoms with Gasteiger partial charge in [-0.2, -0.15) is 0 Å². The number of aliphatic carboxylic acids is 2. The van der Waals surface area contributed by atoms with Crippen molar-refractivity contribution in [3.05, 3.63) is 12.7 Å². The zero-order valence-electron chi connectivity index (χ0n) is 9.89. The highest BCUT2D eigenvalue weighted by Crippen LogP contribution is 2.26. The summed E-state index contributed by atoms with van der Waals surface area (Å²) in [5.74, 6) is -2.56. The van der Waals surface area contributed by atoms with E-state index in [9.17, 15) is 19.8 Å². The Bertz CT molecular complexity index is 294. The lowest BCUT2D eigenvalue weighted by Crippen LogP contribution is -2.49. The van der Waals surface area contributed by atoms with Crippen molar-refractivity contribution < 1.29 is 19.8 Å². The molecule has 1 aliphatic heterocycles. The minimum atomic E-state index is -1.75. The summed E-state index contributed by atoms with van der Waals surface area (Å²) < 4.78 is 0. The average molecular weight is 241 g/mol. The summed E-state index contributed by atoms with van der Waals surface area (Å²) in [6.45, 7) is 5.07. The second kappa shape index (κ2) is 5.82. The highest BCUT2D eigenvalue weighted by atomic mass is 16.4. The fourth-order valence-corrected chi connectivity index (χ4v) is 2.21. The number of carbonyl (C=O) groups is 2. The van der Waals surface area contributed by atoms with E-state index in [-0.39, 0.29) is 13.0 Å². The molecule has 0 aliphatic carbocycles. The normalized spacial score (nSPS) is 17.6. The van der Waals surface area contributed by atoms with Crippen LogP contribution in [0, 0.1) is 5.41 Å². The molecule has 0 aromatic heterocycles. The maximum atomic E-state index is 11.3. The van der Waals surface area contributed by atoms with Gasteiger partial charge in [-0.1, -0.05) is 12.5 Å². The van der Waals surface area contributed by atoms with Gasteiger partial charge < -0.3 is 15.1 Å². The molecule has 5 nitrogen and oxygen atoms in total. The summed E-state index contributed by atoms with van der Waals surface area (Å²) in [6.07, 6.45) is 4.46. The maximum Gasteiger partial charge on any atom is 0.322 e. The van der Waals surface area contributed by atoms with Crippen LogP contribution in [0.4, 0.5) is 0 Å². The molecule has 1 saturated heterocycles. The van der Waals surface area contributed by atoms with Gasteiger partial charge in [-0.05, 0) is 32.4 Å². The third kappa shape index (κ3) is 3.06. The van der Waals surface area contributed by atoms with Crippen LogP contribution < -0.4 is 0 Å². The Morgan fingerprint density at radius 1 is 1.18 bits per heavy atom. The second-order valence-electron chi connectivity index (χ2n) is 4.52. The molecule has 17 heavy (non-hydrogen) atoms. The zero-order valence-corrected chi connectivity index (χ0v) is 9.89. The van der Waals surface area contributed by atoms with Gasteiger partial charge in [0.2, 0.25) is 0 Å². The van der Waals surface area contributed by atoms with E-state index in [1.807, 2.05) is 4.90 Å². The van der Waals surface area contributed by atoms with Crippen LogP contribution in [-0.2, 0) is 9.59 Å². The van der Waals surface area contributed by atoms with Gasteiger partial charge in [0.1, 0.15) is 0 Å². The summed E-state index contributed by atoms with van der Waals surface area (Å²) in [7, 11) is 0. The molecule has 5 heteroatoms. The van der Waals surface area contributed by atoms with Crippen molar-refractivity contribution in [2.75, 3.05) is 19.6 Å². The van der Waals surface area contributed by atoms with E-state index in [0.29, 0.717) is 0 Å². The first-order valence-electron chi connectivity index (χ1n) is 5.83. The molecule has 1 heterocycles. The van der Waals surface area contributed by atoms with Crippen LogP contribution in [0.25, 0.3) is 0 Å². The summed E-state index contributed by atoms with van der Waals surface area (Å²) in [4.78, 5) is 24.5. The fraction of sp³-hybridized carbons (Fsp3) is 0.667. The number of piperidine rings is 1.